The fourth-order valence-corrected chi connectivity index (χ4v) is 8.89. The Morgan fingerprint density at radius 1 is 1.19 bits per heavy atom. The lowest BCUT2D eigenvalue weighted by molar-refractivity contribution is 0.0210. The van der Waals surface area contributed by atoms with Gasteiger partial charge in [-0.1, -0.05) is 56.7 Å². The molecule has 3 saturated carbocycles. The largest absolute Gasteiger partial charge is 0.396 e. The van der Waals surface area contributed by atoms with Crippen molar-refractivity contribution in [1.82, 2.24) is 0 Å². The van der Waals surface area contributed by atoms with E-state index in [0.29, 0.717) is 34.2 Å². The molecule has 5 aliphatic carbocycles. The molecule has 5 aliphatic rings. The standard InChI is InChI=1S/C25H36O/c1-17-15-20-23(4)19(8-5-11-25(23)21(17)22(25,2)3)10-13-24(20)12-9-18(16-24)7-6-14-26/h5,11,15,18-19,21,26H,1,6-10,12-14,16H2,2-4H3. The lowest BCUT2D eigenvalue weighted by Gasteiger charge is -2.60. The highest BCUT2D eigenvalue weighted by Crippen LogP contribution is 2.87. The summed E-state index contributed by atoms with van der Waals surface area (Å²) < 4.78 is 0. The number of fused-ring (bicyclic) bond motifs is 1. The summed E-state index contributed by atoms with van der Waals surface area (Å²) in [6, 6.07) is 0. The summed E-state index contributed by atoms with van der Waals surface area (Å²) in [5.41, 5.74) is 4.63. The molecule has 2 spiro atoms. The Morgan fingerprint density at radius 3 is 2.73 bits per heavy atom. The van der Waals surface area contributed by atoms with Crippen molar-refractivity contribution in [2.75, 3.05) is 6.61 Å². The lowest BCUT2D eigenvalue weighted by atomic mass is 9.44. The molecule has 142 valence electrons. The molecule has 0 amide bonds. The number of aliphatic hydroxyl groups excluding tert-OH is 1. The third-order valence-electron chi connectivity index (χ3n) is 9.92. The molecule has 0 heterocycles. The topological polar surface area (TPSA) is 20.2 Å². The van der Waals surface area contributed by atoms with Gasteiger partial charge in [0.25, 0.3) is 0 Å². The van der Waals surface area contributed by atoms with Crippen LogP contribution in [0, 0.1) is 39.4 Å². The van der Waals surface area contributed by atoms with Crippen molar-refractivity contribution >= 4 is 0 Å². The average Bonchev–Trinajstić information content (AvgIpc) is 2.90. The van der Waals surface area contributed by atoms with Gasteiger partial charge in [0, 0.05) is 17.4 Å². The predicted molar refractivity (Wildman–Crippen MR) is 108 cm³/mol. The van der Waals surface area contributed by atoms with E-state index in [2.05, 4.69) is 45.6 Å². The highest BCUT2D eigenvalue weighted by Gasteiger charge is 2.81. The van der Waals surface area contributed by atoms with E-state index >= 15 is 0 Å². The first kappa shape index (κ1) is 17.3. The van der Waals surface area contributed by atoms with Crippen molar-refractivity contribution in [3.8, 4) is 0 Å². The molecule has 6 atom stereocenters. The number of aliphatic hydroxyl groups is 1. The van der Waals surface area contributed by atoms with Gasteiger partial charge in [-0.05, 0) is 80.0 Å². The van der Waals surface area contributed by atoms with Crippen molar-refractivity contribution < 1.29 is 5.11 Å². The summed E-state index contributed by atoms with van der Waals surface area (Å²) in [7, 11) is 0. The molecule has 0 aromatic heterocycles. The zero-order chi connectivity index (χ0) is 18.4. The van der Waals surface area contributed by atoms with Gasteiger partial charge >= 0.3 is 0 Å². The maximum absolute atomic E-state index is 9.27. The van der Waals surface area contributed by atoms with E-state index < -0.39 is 0 Å². The summed E-state index contributed by atoms with van der Waals surface area (Å²) >= 11 is 0. The average molecular weight is 353 g/mol. The summed E-state index contributed by atoms with van der Waals surface area (Å²) in [6.45, 7) is 12.6. The maximum atomic E-state index is 9.27. The molecule has 0 saturated heterocycles. The van der Waals surface area contributed by atoms with Gasteiger partial charge in [0.15, 0.2) is 0 Å². The van der Waals surface area contributed by atoms with Gasteiger partial charge in [0.2, 0.25) is 0 Å². The zero-order valence-electron chi connectivity index (χ0n) is 17.0. The lowest BCUT2D eigenvalue weighted by Crippen LogP contribution is -2.51. The van der Waals surface area contributed by atoms with Crippen LogP contribution in [0.4, 0.5) is 0 Å². The molecule has 0 bridgehead atoms. The summed E-state index contributed by atoms with van der Waals surface area (Å²) in [5, 5.41) is 9.27. The van der Waals surface area contributed by atoms with Crippen LogP contribution in [0.25, 0.3) is 0 Å². The molecule has 6 unspecified atom stereocenters. The molecule has 0 aromatic rings. The van der Waals surface area contributed by atoms with E-state index in [4.69, 9.17) is 0 Å². The van der Waals surface area contributed by atoms with E-state index in [1.807, 2.05) is 0 Å². The highest BCUT2D eigenvalue weighted by molar-refractivity contribution is 5.55. The van der Waals surface area contributed by atoms with Crippen molar-refractivity contribution in [2.24, 2.45) is 39.4 Å². The van der Waals surface area contributed by atoms with Crippen molar-refractivity contribution in [3.63, 3.8) is 0 Å². The number of rotatable bonds is 3. The maximum Gasteiger partial charge on any atom is 0.0431 e. The quantitative estimate of drug-likeness (QED) is 0.612. The fraction of sp³-hybridized carbons (Fsp3) is 0.760. The van der Waals surface area contributed by atoms with Crippen LogP contribution in [0.2, 0.25) is 0 Å². The Bertz CT molecular complexity index is 712. The molecular weight excluding hydrogens is 316 g/mol. The third kappa shape index (κ3) is 1.73. The van der Waals surface area contributed by atoms with Crippen molar-refractivity contribution in [2.45, 2.75) is 72.1 Å². The van der Waals surface area contributed by atoms with Gasteiger partial charge in [0.05, 0.1) is 0 Å². The first-order valence-electron chi connectivity index (χ1n) is 11.0. The van der Waals surface area contributed by atoms with Gasteiger partial charge in [0.1, 0.15) is 0 Å². The molecule has 1 heteroatoms. The van der Waals surface area contributed by atoms with Gasteiger partial charge in [-0.15, -0.1) is 0 Å². The van der Waals surface area contributed by atoms with E-state index in [1.54, 1.807) is 5.57 Å². The number of hydrogen-bond acceptors (Lipinski definition) is 1. The molecule has 26 heavy (non-hydrogen) atoms. The van der Waals surface area contributed by atoms with Crippen LogP contribution in [0.5, 0.6) is 0 Å². The summed E-state index contributed by atoms with van der Waals surface area (Å²) in [5.74, 6) is 2.28. The molecule has 0 radical (unpaired) electrons. The Morgan fingerprint density at radius 2 is 1.96 bits per heavy atom. The minimum absolute atomic E-state index is 0.320. The van der Waals surface area contributed by atoms with Crippen LogP contribution in [-0.4, -0.2) is 11.7 Å². The Kier molecular flexibility index (Phi) is 3.43. The predicted octanol–water partition coefficient (Wildman–Crippen LogP) is 6.06. The Labute approximate surface area is 159 Å². The van der Waals surface area contributed by atoms with Crippen LogP contribution in [0.15, 0.2) is 36.0 Å². The molecular formula is C25H36O. The Balaban J connectivity index is 1.59. The van der Waals surface area contributed by atoms with Crippen molar-refractivity contribution in [1.29, 1.82) is 0 Å². The second-order valence-electron chi connectivity index (χ2n) is 11.0. The van der Waals surface area contributed by atoms with Crippen LogP contribution in [0.1, 0.15) is 72.1 Å². The normalized spacial score (nSPS) is 50.4. The SMILES string of the molecule is C=C1C=C2C3(CCC(CCCO)C3)CCC3CC=CC4(C1C4(C)C)C23C. The molecule has 0 aliphatic heterocycles. The van der Waals surface area contributed by atoms with Crippen LogP contribution in [0.3, 0.4) is 0 Å². The molecule has 0 aromatic carbocycles. The molecule has 1 nitrogen and oxygen atoms in total. The molecule has 3 fully saturated rings. The van der Waals surface area contributed by atoms with Crippen LogP contribution in [-0.2, 0) is 0 Å². The summed E-state index contributed by atoms with van der Waals surface area (Å²) in [6.07, 6.45) is 18.1. The number of hydrogen-bond donors (Lipinski definition) is 1. The van der Waals surface area contributed by atoms with E-state index in [1.165, 1.54) is 50.5 Å². The third-order valence-corrected chi connectivity index (χ3v) is 9.92. The first-order valence-corrected chi connectivity index (χ1v) is 11.0. The fourth-order valence-electron chi connectivity index (χ4n) is 8.89. The van der Waals surface area contributed by atoms with Crippen LogP contribution >= 0.6 is 0 Å². The molecule has 5 rings (SSSR count). The smallest absolute Gasteiger partial charge is 0.0431 e. The molecule has 1 N–H and O–H groups in total. The van der Waals surface area contributed by atoms with E-state index in [9.17, 15) is 5.11 Å². The van der Waals surface area contributed by atoms with Crippen LogP contribution < -0.4 is 0 Å². The van der Waals surface area contributed by atoms with Gasteiger partial charge in [-0.2, -0.15) is 0 Å². The summed E-state index contributed by atoms with van der Waals surface area (Å²) in [4.78, 5) is 0. The second kappa shape index (κ2) is 5.16. The minimum atomic E-state index is 0.320. The Hall–Kier alpha value is -0.820. The van der Waals surface area contributed by atoms with E-state index in [-0.39, 0.29) is 0 Å². The van der Waals surface area contributed by atoms with Crippen molar-refractivity contribution in [3.05, 3.63) is 36.0 Å². The second-order valence-corrected chi connectivity index (χ2v) is 11.0. The monoisotopic (exact) mass is 352 g/mol. The van der Waals surface area contributed by atoms with E-state index in [0.717, 1.165) is 18.3 Å². The number of allylic oxidation sites excluding steroid dienone is 5. The zero-order valence-corrected chi connectivity index (χ0v) is 17.0. The first-order chi connectivity index (χ1) is 12.3. The minimum Gasteiger partial charge on any atom is -0.396 e. The van der Waals surface area contributed by atoms with Gasteiger partial charge in [-0.3, -0.25) is 0 Å². The highest BCUT2D eigenvalue weighted by atomic mass is 16.2. The van der Waals surface area contributed by atoms with Gasteiger partial charge in [-0.25, -0.2) is 0 Å². The van der Waals surface area contributed by atoms with Gasteiger partial charge < -0.3 is 5.11 Å².